The van der Waals surface area contributed by atoms with Crippen LogP contribution in [0.5, 0.6) is 0 Å². The first-order valence-corrected chi connectivity index (χ1v) is 8.17. The van der Waals surface area contributed by atoms with Gasteiger partial charge in [0.1, 0.15) is 0 Å². The van der Waals surface area contributed by atoms with Gasteiger partial charge < -0.3 is 15.0 Å². The number of benzene rings is 1. The quantitative estimate of drug-likeness (QED) is 0.913. The topological polar surface area (TPSA) is 71.5 Å². The molecule has 0 unspecified atom stereocenters. The third kappa shape index (κ3) is 3.47. The number of methoxy groups -OCH3 is 1. The lowest BCUT2D eigenvalue weighted by atomic mass is 9.96. The molecule has 6 nitrogen and oxygen atoms in total. The zero-order valence-corrected chi connectivity index (χ0v) is 14.6. The molecule has 2 heterocycles. The maximum absolute atomic E-state index is 12.8. The van der Waals surface area contributed by atoms with Gasteiger partial charge >= 0.3 is 6.09 Å². The van der Waals surface area contributed by atoms with E-state index in [0.717, 1.165) is 27.9 Å². The second-order valence-corrected chi connectivity index (χ2v) is 6.24. The van der Waals surface area contributed by atoms with Crippen molar-refractivity contribution in [3.05, 3.63) is 58.4 Å². The Balaban J connectivity index is 1.85. The second-order valence-electron chi connectivity index (χ2n) is 6.24. The van der Waals surface area contributed by atoms with Crippen LogP contribution in [0.4, 0.5) is 10.5 Å². The van der Waals surface area contributed by atoms with Crippen LogP contribution >= 0.6 is 0 Å². The van der Waals surface area contributed by atoms with Crippen molar-refractivity contribution in [3.8, 4) is 0 Å². The number of anilines is 1. The molecule has 1 aromatic carbocycles. The minimum absolute atomic E-state index is 0.176. The minimum Gasteiger partial charge on any atom is -0.453 e. The zero-order valence-electron chi connectivity index (χ0n) is 14.6. The Kier molecular flexibility index (Phi) is 4.70. The lowest BCUT2D eigenvalue weighted by molar-refractivity contribution is 0.102. The number of hydrogen-bond acceptors (Lipinski definition) is 4. The molecule has 2 aromatic rings. The monoisotopic (exact) mass is 339 g/mol. The van der Waals surface area contributed by atoms with Gasteiger partial charge in [-0.25, -0.2) is 4.79 Å². The average molecular weight is 339 g/mol. The Hall–Kier alpha value is -2.89. The molecule has 6 heteroatoms. The van der Waals surface area contributed by atoms with Crippen LogP contribution in [0.1, 0.15) is 32.6 Å². The Morgan fingerprint density at radius 2 is 2.04 bits per heavy atom. The molecule has 1 aliphatic heterocycles. The summed E-state index contributed by atoms with van der Waals surface area (Å²) in [5, 5.41) is 2.98. The van der Waals surface area contributed by atoms with Crippen LogP contribution in [-0.2, 0) is 17.7 Å². The molecular formula is C19H21N3O3. The van der Waals surface area contributed by atoms with Gasteiger partial charge in [0.2, 0.25) is 0 Å². The van der Waals surface area contributed by atoms with Crippen molar-refractivity contribution in [2.45, 2.75) is 26.8 Å². The predicted octanol–water partition coefficient (Wildman–Crippen LogP) is 3.08. The van der Waals surface area contributed by atoms with Gasteiger partial charge in [-0.15, -0.1) is 0 Å². The number of hydrogen-bond donors (Lipinski definition) is 1. The molecule has 0 fully saturated rings. The number of amides is 2. The van der Waals surface area contributed by atoms with Crippen molar-refractivity contribution in [2.24, 2.45) is 0 Å². The van der Waals surface area contributed by atoms with Crippen LogP contribution in [0.15, 0.2) is 30.6 Å². The number of nitrogens with zero attached hydrogens (tertiary/aromatic N) is 2. The molecule has 0 saturated carbocycles. The minimum atomic E-state index is -0.365. The van der Waals surface area contributed by atoms with E-state index < -0.39 is 0 Å². The molecule has 0 aliphatic carbocycles. The Labute approximate surface area is 146 Å². The van der Waals surface area contributed by atoms with E-state index in [4.69, 9.17) is 4.74 Å². The number of nitrogens with one attached hydrogen (secondary N) is 1. The molecule has 1 aliphatic rings. The van der Waals surface area contributed by atoms with Gasteiger partial charge in [-0.3, -0.25) is 9.78 Å². The number of carbonyl (C=O) groups excluding carboxylic acids is 2. The van der Waals surface area contributed by atoms with Gasteiger partial charge in [-0.05, 0) is 48.6 Å². The van der Waals surface area contributed by atoms with Crippen LogP contribution in [-0.4, -0.2) is 35.5 Å². The SMILES string of the molecule is COC(=O)N1CCc2c(cncc2C(=O)Nc2cc(C)ccc2C)C1. The zero-order chi connectivity index (χ0) is 18.0. The Morgan fingerprint density at radius 3 is 2.80 bits per heavy atom. The van der Waals surface area contributed by atoms with Crippen molar-refractivity contribution < 1.29 is 14.3 Å². The molecule has 0 bridgehead atoms. The van der Waals surface area contributed by atoms with Crippen molar-refractivity contribution in [3.63, 3.8) is 0 Å². The maximum Gasteiger partial charge on any atom is 0.409 e. The molecule has 130 valence electrons. The van der Waals surface area contributed by atoms with E-state index in [0.29, 0.717) is 25.1 Å². The summed E-state index contributed by atoms with van der Waals surface area (Å²) in [4.78, 5) is 30.3. The van der Waals surface area contributed by atoms with Gasteiger partial charge in [-0.2, -0.15) is 0 Å². The van der Waals surface area contributed by atoms with E-state index >= 15 is 0 Å². The lowest BCUT2D eigenvalue weighted by Gasteiger charge is -2.28. The molecule has 25 heavy (non-hydrogen) atoms. The molecule has 0 saturated heterocycles. The van der Waals surface area contributed by atoms with Crippen LogP contribution in [0, 0.1) is 13.8 Å². The molecule has 1 N–H and O–H groups in total. The molecule has 0 radical (unpaired) electrons. The number of ether oxygens (including phenoxy) is 1. The third-order valence-corrected chi connectivity index (χ3v) is 4.46. The van der Waals surface area contributed by atoms with Crippen molar-refractivity contribution in [1.82, 2.24) is 9.88 Å². The van der Waals surface area contributed by atoms with Crippen LogP contribution in [0.25, 0.3) is 0 Å². The summed E-state index contributed by atoms with van der Waals surface area (Å²) in [7, 11) is 1.37. The van der Waals surface area contributed by atoms with Crippen molar-refractivity contribution in [1.29, 1.82) is 0 Å². The highest BCUT2D eigenvalue weighted by Gasteiger charge is 2.25. The van der Waals surface area contributed by atoms with Gasteiger partial charge in [0.25, 0.3) is 5.91 Å². The van der Waals surface area contributed by atoms with E-state index in [9.17, 15) is 9.59 Å². The first-order chi connectivity index (χ1) is 12.0. The molecular weight excluding hydrogens is 318 g/mol. The fraction of sp³-hybridized carbons (Fsp3) is 0.316. The van der Waals surface area contributed by atoms with E-state index in [-0.39, 0.29) is 12.0 Å². The maximum atomic E-state index is 12.8. The summed E-state index contributed by atoms with van der Waals surface area (Å²) in [5.41, 5.74) is 5.28. The van der Waals surface area contributed by atoms with Gasteiger partial charge in [0, 0.05) is 24.6 Å². The first-order valence-electron chi connectivity index (χ1n) is 8.17. The standard InChI is InChI=1S/C19H21N3O3/c1-12-4-5-13(2)17(8-12)21-18(23)16-10-20-9-14-11-22(19(24)25-3)7-6-15(14)16/h4-5,8-10H,6-7,11H2,1-3H3,(H,21,23). The number of aromatic nitrogens is 1. The van der Waals surface area contributed by atoms with Crippen LogP contribution < -0.4 is 5.32 Å². The smallest absolute Gasteiger partial charge is 0.409 e. The Morgan fingerprint density at radius 1 is 1.24 bits per heavy atom. The lowest BCUT2D eigenvalue weighted by Crippen LogP contribution is -2.36. The molecule has 1 aromatic heterocycles. The molecule has 0 spiro atoms. The number of pyridine rings is 1. The van der Waals surface area contributed by atoms with Gasteiger partial charge in [0.05, 0.1) is 19.2 Å². The van der Waals surface area contributed by atoms with Gasteiger partial charge in [0.15, 0.2) is 0 Å². The fourth-order valence-corrected chi connectivity index (χ4v) is 3.03. The summed E-state index contributed by atoms with van der Waals surface area (Å²) in [6.07, 6.45) is 3.53. The second kappa shape index (κ2) is 6.93. The van der Waals surface area contributed by atoms with Gasteiger partial charge in [-0.1, -0.05) is 12.1 Å². The van der Waals surface area contributed by atoms with Crippen molar-refractivity contribution in [2.75, 3.05) is 19.0 Å². The number of rotatable bonds is 2. The fourth-order valence-electron chi connectivity index (χ4n) is 3.03. The highest BCUT2D eigenvalue weighted by Crippen LogP contribution is 2.24. The van der Waals surface area contributed by atoms with E-state index in [2.05, 4.69) is 10.3 Å². The first kappa shape index (κ1) is 17.0. The molecule has 3 rings (SSSR count). The average Bonchev–Trinajstić information content (AvgIpc) is 2.63. The number of carbonyl (C=O) groups is 2. The predicted molar refractivity (Wildman–Crippen MR) is 94.6 cm³/mol. The Bertz CT molecular complexity index is 833. The normalized spacial score (nSPS) is 13.2. The summed E-state index contributed by atoms with van der Waals surface area (Å²) in [6.45, 7) is 4.87. The summed E-state index contributed by atoms with van der Waals surface area (Å²) in [5.74, 6) is -0.176. The van der Waals surface area contributed by atoms with Crippen LogP contribution in [0.2, 0.25) is 0 Å². The third-order valence-electron chi connectivity index (χ3n) is 4.46. The number of fused-ring (bicyclic) bond motifs is 1. The molecule has 2 amide bonds. The van der Waals surface area contributed by atoms with E-state index in [1.54, 1.807) is 17.3 Å². The van der Waals surface area contributed by atoms with Crippen LogP contribution in [0.3, 0.4) is 0 Å². The number of aryl methyl sites for hydroxylation is 2. The highest BCUT2D eigenvalue weighted by molar-refractivity contribution is 6.05. The largest absolute Gasteiger partial charge is 0.453 e. The van der Waals surface area contributed by atoms with E-state index in [1.807, 2.05) is 32.0 Å². The summed E-state index contributed by atoms with van der Waals surface area (Å²) in [6, 6.07) is 5.95. The summed E-state index contributed by atoms with van der Waals surface area (Å²) < 4.78 is 4.77. The summed E-state index contributed by atoms with van der Waals surface area (Å²) >= 11 is 0. The highest BCUT2D eigenvalue weighted by atomic mass is 16.5. The molecule has 0 atom stereocenters. The van der Waals surface area contributed by atoms with Crippen molar-refractivity contribution >= 4 is 17.7 Å². The van der Waals surface area contributed by atoms with E-state index in [1.165, 1.54) is 7.11 Å².